The number of aliphatic hydroxyl groups is 3. The van der Waals surface area contributed by atoms with Crippen LogP contribution in [-0.4, -0.2) is 46.3 Å². The van der Waals surface area contributed by atoms with Crippen LogP contribution in [0.25, 0.3) is 0 Å². The van der Waals surface area contributed by atoms with Crippen LogP contribution in [0.3, 0.4) is 0 Å². The molecule has 0 bridgehead atoms. The molecule has 1 aliphatic rings. The number of aliphatic hydroxyl groups excluding tert-OH is 3. The summed E-state index contributed by atoms with van der Waals surface area (Å²) in [5.74, 6) is -0.0946. The van der Waals surface area contributed by atoms with Crippen LogP contribution in [0.1, 0.15) is 13.8 Å². The van der Waals surface area contributed by atoms with Gasteiger partial charge in [0.1, 0.15) is 12.2 Å². The third kappa shape index (κ3) is 1.61. The molecule has 0 aromatic heterocycles. The molecular weight excluding hydrogens is 160 g/mol. The quantitative estimate of drug-likeness (QED) is 0.485. The summed E-state index contributed by atoms with van der Waals surface area (Å²) in [6, 6.07) is 0. The summed E-state index contributed by atoms with van der Waals surface area (Å²) in [7, 11) is 0. The number of ether oxygens (including phenoxy) is 1. The average molecular weight is 176 g/mol. The maximum atomic E-state index is 9.48. The van der Waals surface area contributed by atoms with Gasteiger partial charge in [-0.1, -0.05) is 6.92 Å². The third-order valence-corrected chi connectivity index (χ3v) is 2.58. The average Bonchev–Trinajstić information content (AvgIpc) is 2.08. The zero-order valence-electron chi connectivity index (χ0n) is 7.34. The second-order valence-electron chi connectivity index (χ2n) is 3.40. The molecule has 1 saturated heterocycles. The van der Waals surface area contributed by atoms with Gasteiger partial charge in [-0.15, -0.1) is 0 Å². The lowest BCUT2D eigenvalue weighted by atomic mass is 9.89. The van der Waals surface area contributed by atoms with Crippen molar-refractivity contribution in [2.24, 2.45) is 5.92 Å². The van der Waals surface area contributed by atoms with Crippen LogP contribution in [-0.2, 0) is 4.74 Å². The lowest BCUT2D eigenvalue weighted by Crippen LogP contribution is -2.53. The van der Waals surface area contributed by atoms with Crippen LogP contribution in [0.4, 0.5) is 0 Å². The van der Waals surface area contributed by atoms with Crippen molar-refractivity contribution in [1.82, 2.24) is 0 Å². The topological polar surface area (TPSA) is 69.9 Å². The van der Waals surface area contributed by atoms with Crippen molar-refractivity contribution in [3.05, 3.63) is 0 Å². The van der Waals surface area contributed by atoms with Crippen LogP contribution in [0.5, 0.6) is 0 Å². The first-order chi connectivity index (χ1) is 5.57. The Balaban J connectivity index is 2.63. The smallest absolute Gasteiger partial charge is 0.109 e. The Morgan fingerprint density at radius 3 is 2.25 bits per heavy atom. The van der Waals surface area contributed by atoms with Crippen LogP contribution in [0, 0.1) is 5.92 Å². The van der Waals surface area contributed by atoms with Crippen molar-refractivity contribution in [3.63, 3.8) is 0 Å². The van der Waals surface area contributed by atoms with Gasteiger partial charge in [-0.2, -0.15) is 0 Å². The van der Waals surface area contributed by atoms with Crippen molar-refractivity contribution in [2.45, 2.75) is 38.3 Å². The highest BCUT2D eigenvalue weighted by Crippen LogP contribution is 2.25. The van der Waals surface area contributed by atoms with Crippen molar-refractivity contribution < 1.29 is 20.1 Å². The van der Waals surface area contributed by atoms with E-state index >= 15 is 0 Å². The normalized spacial score (nSPS) is 49.2. The van der Waals surface area contributed by atoms with Crippen molar-refractivity contribution in [2.75, 3.05) is 6.61 Å². The van der Waals surface area contributed by atoms with Crippen LogP contribution in [0.15, 0.2) is 0 Å². The summed E-state index contributed by atoms with van der Waals surface area (Å²) in [5, 5.41) is 27.7. The van der Waals surface area contributed by atoms with E-state index in [9.17, 15) is 10.2 Å². The Kier molecular flexibility index (Phi) is 3.06. The Morgan fingerprint density at radius 2 is 1.75 bits per heavy atom. The highest BCUT2D eigenvalue weighted by molar-refractivity contribution is 4.87. The Hall–Kier alpha value is -0.160. The molecule has 1 fully saturated rings. The summed E-state index contributed by atoms with van der Waals surface area (Å²) in [4.78, 5) is 0. The molecule has 0 radical (unpaired) electrons. The van der Waals surface area contributed by atoms with Gasteiger partial charge in [0.15, 0.2) is 0 Å². The van der Waals surface area contributed by atoms with Crippen LogP contribution >= 0.6 is 0 Å². The molecule has 1 aliphatic heterocycles. The molecule has 12 heavy (non-hydrogen) atoms. The molecule has 1 heterocycles. The number of hydrogen-bond donors (Lipinski definition) is 3. The van der Waals surface area contributed by atoms with E-state index in [1.807, 2.05) is 13.8 Å². The summed E-state index contributed by atoms with van der Waals surface area (Å²) < 4.78 is 5.27. The summed E-state index contributed by atoms with van der Waals surface area (Å²) in [6.07, 6.45) is -2.54. The predicted octanol–water partition coefficient (Wildman–Crippen LogP) is -0.876. The van der Waals surface area contributed by atoms with E-state index in [1.165, 1.54) is 0 Å². The Labute approximate surface area is 71.8 Å². The Bertz CT molecular complexity index is 145. The lowest BCUT2D eigenvalue weighted by Gasteiger charge is -2.39. The molecule has 3 N–H and O–H groups in total. The maximum absolute atomic E-state index is 9.48. The van der Waals surface area contributed by atoms with E-state index in [-0.39, 0.29) is 18.6 Å². The monoisotopic (exact) mass is 176 g/mol. The fraction of sp³-hybridized carbons (Fsp3) is 1.00. The SMILES string of the molecule is CC1[C@H](C)OC(CO)[C@H](O)[C@@H]1O. The van der Waals surface area contributed by atoms with Crippen molar-refractivity contribution in [1.29, 1.82) is 0 Å². The molecule has 0 spiro atoms. The summed E-state index contributed by atoms with van der Waals surface area (Å²) in [6.45, 7) is 3.38. The van der Waals surface area contributed by atoms with Gasteiger partial charge in [-0.05, 0) is 6.92 Å². The molecule has 0 aromatic rings. The summed E-state index contributed by atoms with van der Waals surface area (Å²) in [5.41, 5.74) is 0. The molecule has 0 amide bonds. The second kappa shape index (κ2) is 3.70. The maximum Gasteiger partial charge on any atom is 0.109 e. The predicted molar refractivity (Wildman–Crippen MR) is 42.6 cm³/mol. The molecule has 4 nitrogen and oxygen atoms in total. The minimum absolute atomic E-state index is 0.0946. The van der Waals surface area contributed by atoms with Crippen LogP contribution < -0.4 is 0 Å². The van der Waals surface area contributed by atoms with Crippen LogP contribution in [0.2, 0.25) is 0 Å². The summed E-state index contributed by atoms with van der Waals surface area (Å²) >= 11 is 0. The van der Waals surface area contributed by atoms with E-state index in [4.69, 9.17) is 9.84 Å². The van der Waals surface area contributed by atoms with Gasteiger partial charge in [-0.3, -0.25) is 0 Å². The highest BCUT2D eigenvalue weighted by atomic mass is 16.5. The first kappa shape index (κ1) is 9.92. The zero-order chi connectivity index (χ0) is 9.30. The molecule has 0 aromatic carbocycles. The van der Waals surface area contributed by atoms with E-state index in [2.05, 4.69) is 0 Å². The molecule has 72 valence electrons. The lowest BCUT2D eigenvalue weighted by molar-refractivity contribution is -0.200. The zero-order valence-corrected chi connectivity index (χ0v) is 7.34. The van der Waals surface area contributed by atoms with Crippen molar-refractivity contribution in [3.8, 4) is 0 Å². The van der Waals surface area contributed by atoms with E-state index in [0.717, 1.165) is 0 Å². The highest BCUT2D eigenvalue weighted by Gasteiger charge is 2.39. The van der Waals surface area contributed by atoms with Gasteiger partial charge in [-0.25, -0.2) is 0 Å². The van der Waals surface area contributed by atoms with Gasteiger partial charge < -0.3 is 20.1 Å². The van der Waals surface area contributed by atoms with E-state index in [1.54, 1.807) is 0 Å². The standard InChI is InChI=1S/C8H16O4/c1-4-5(2)12-6(3-9)8(11)7(4)10/h4-11H,3H2,1-2H3/t4?,5-,6?,7+,8-/m0/s1. The molecule has 0 saturated carbocycles. The van der Waals surface area contributed by atoms with Crippen molar-refractivity contribution >= 4 is 0 Å². The van der Waals surface area contributed by atoms with Gasteiger partial charge in [0.25, 0.3) is 0 Å². The largest absolute Gasteiger partial charge is 0.394 e. The molecule has 5 atom stereocenters. The van der Waals surface area contributed by atoms with Gasteiger partial charge in [0, 0.05) is 5.92 Å². The van der Waals surface area contributed by atoms with E-state index < -0.39 is 18.3 Å². The molecule has 2 unspecified atom stereocenters. The van der Waals surface area contributed by atoms with E-state index in [0.29, 0.717) is 0 Å². The fourth-order valence-corrected chi connectivity index (χ4v) is 1.44. The first-order valence-electron chi connectivity index (χ1n) is 4.20. The second-order valence-corrected chi connectivity index (χ2v) is 3.40. The molecule has 1 rings (SSSR count). The van der Waals surface area contributed by atoms with Gasteiger partial charge in [0.2, 0.25) is 0 Å². The Morgan fingerprint density at radius 1 is 1.17 bits per heavy atom. The molecule has 0 aliphatic carbocycles. The fourth-order valence-electron chi connectivity index (χ4n) is 1.44. The minimum Gasteiger partial charge on any atom is -0.394 e. The number of hydrogen-bond acceptors (Lipinski definition) is 4. The third-order valence-electron chi connectivity index (χ3n) is 2.58. The minimum atomic E-state index is -0.971. The molecule has 4 heteroatoms. The first-order valence-corrected chi connectivity index (χ1v) is 4.20. The van der Waals surface area contributed by atoms with Gasteiger partial charge in [0.05, 0.1) is 18.8 Å². The number of rotatable bonds is 1. The van der Waals surface area contributed by atoms with Gasteiger partial charge >= 0.3 is 0 Å². The molecular formula is C8H16O4.